The minimum atomic E-state index is -0.572. The molecule has 4 heteroatoms. The molecule has 1 N–H and O–H groups in total. The summed E-state index contributed by atoms with van der Waals surface area (Å²) in [6, 6.07) is 11.7. The maximum absolute atomic E-state index is 13.3. The predicted molar refractivity (Wildman–Crippen MR) is 85.0 cm³/mol. The Morgan fingerprint density at radius 1 is 1.05 bits per heavy atom. The molecule has 1 atom stereocenters. The van der Waals surface area contributed by atoms with Crippen molar-refractivity contribution >= 4 is 27.1 Å². The molecule has 0 radical (unpaired) electrons. The molecule has 108 valence electrons. The Labute approximate surface area is 126 Å². The SMILES string of the molecule is Cc1c(C(C)Nc2cc(F)cc(F)c2)sc2ccccc12. The van der Waals surface area contributed by atoms with Gasteiger partial charge in [-0.1, -0.05) is 18.2 Å². The molecule has 0 fully saturated rings. The number of nitrogens with one attached hydrogen (secondary N) is 1. The number of aryl methyl sites for hydroxylation is 1. The zero-order chi connectivity index (χ0) is 15.0. The highest BCUT2D eigenvalue weighted by molar-refractivity contribution is 7.19. The molecule has 1 aromatic heterocycles. The average Bonchev–Trinajstić information content (AvgIpc) is 2.76. The van der Waals surface area contributed by atoms with Crippen molar-refractivity contribution < 1.29 is 8.78 Å². The fraction of sp³-hybridized carbons (Fsp3) is 0.176. The second-order valence-electron chi connectivity index (χ2n) is 5.11. The summed E-state index contributed by atoms with van der Waals surface area (Å²) in [6.07, 6.45) is 0. The van der Waals surface area contributed by atoms with E-state index in [0.717, 1.165) is 6.07 Å². The van der Waals surface area contributed by atoms with Crippen LogP contribution >= 0.6 is 11.3 Å². The van der Waals surface area contributed by atoms with Gasteiger partial charge in [-0.15, -0.1) is 11.3 Å². The normalized spacial score (nSPS) is 12.6. The summed E-state index contributed by atoms with van der Waals surface area (Å²) in [5.41, 5.74) is 1.67. The first-order valence-electron chi connectivity index (χ1n) is 6.75. The average molecular weight is 303 g/mol. The Hall–Kier alpha value is -1.94. The molecule has 0 bridgehead atoms. The number of hydrogen-bond acceptors (Lipinski definition) is 2. The van der Waals surface area contributed by atoms with Crippen LogP contribution in [-0.2, 0) is 0 Å². The summed E-state index contributed by atoms with van der Waals surface area (Å²) in [5.74, 6) is -1.14. The lowest BCUT2D eigenvalue weighted by atomic mass is 10.1. The maximum atomic E-state index is 13.3. The van der Waals surface area contributed by atoms with Crippen molar-refractivity contribution in [1.29, 1.82) is 0 Å². The fourth-order valence-electron chi connectivity index (χ4n) is 2.56. The summed E-state index contributed by atoms with van der Waals surface area (Å²) in [5, 5.41) is 4.40. The number of rotatable bonds is 3. The van der Waals surface area contributed by atoms with Gasteiger partial charge in [0.2, 0.25) is 0 Å². The number of anilines is 1. The predicted octanol–water partition coefficient (Wildman–Crippen LogP) is 5.66. The molecule has 0 aliphatic heterocycles. The summed E-state index contributed by atoms with van der Waals surface area (Å²) < 4.78 is 27.7. The molecule has 0 saturated carbocycles. The van der Waals surface area contributed by atoms with Crippen molar-refractivity contribution in [3.63, 3.8) is 0 Å². The molecular formula is C17H15F2NS. The Kier molecular flexibility index (Phi) is 3.64. The molecule has 0 saturated heterocycles. The van der Waals surface area contributed by atoms with Crippen LogP contribution in [0.5, 0.6) is 0 Å². The van der Waals surface area contributed by atoms with Gasteiger partial charge in [-0.05, 0) is 43.0 Å². The van der Waals surface area contributed by atoms with Crippen molar-refractivity contribution in [3.8, 4) is 0 Å². The lowest BCUT2D eigenvalue weighted by Gasteiger charge is -2.15. The smallest absolute Gasteiger partial charge is 0.128 e. The van der Waals surface area contributed by atoms with E-state index >= 15 is 0 Å². The van der Waals surface area contributed by atoms with Gasteiger partial charge in [-0.3, -0.25) is 0 Å². The van der Waals surface area contributed by atoms with Gasteiger partial charge in [0.05, 0.1) is 6.04 Å². The molecule has 0 aliphatic carbocycles. The van der Waals surface area contributed by atoms with Gasteiger partial charge >= 0.3 is 0 Å². The van der Waals surface area contributed by atoms with Crippen LogP contribution in [0.1, 0.15) is 23.4 Å². The fourth-order valence-corrected chi connectivity index (χ4v) is 3.77. The Bertz CT molecular complexity index is 774. The van der Waals surface area contributed by atoms with Gasteiger partial charge in [-0.25, -0.2) is 8.78 Å². The monoisotopic (exact) mass is 303 g/mol. The lowest BCUT2D eigenvalue weighted by molar-refractivity contribution is 0.583. The lowest BCUT2D eigenvalue weighted by Crippen LogP contribution is -2.06. The van der Waals surface area contributed by atoms with E-state index in [-0.39, 0.29) is 6.04 Å². The zero-order valence-electron chi connectivity index (χ0n) is 11.8. The maximum Gasteiger partial charge on any atom is 0.128 e. The molecule has 0 aliphatic rings. The number of fused-ring (bicyclic) bond motifs is 1. The summed E-state index contributed by atoms with van der Waals surface area (Å²) >= 11 is 1.71. The standard InChI is InChI=1S/C17H15F2NS/c1-10-15-5-3-4-6-16(15)21-17(10)11(2)20-14-8-12(18)7-13(19)9-14/h3-9,11,20H,1-2H3. The molecular weight excluding hydrogens is 288 g/mol. The van der Waals surface area contributed by atoms with E-state index in [1.54, 1.807) is 11.3 Å². The summed E-state index contributed by atoms with van der Waals surface area (Å²) in [7, 11) is 0. The Morgan fingerprint density at radius 3 is 2.38 bits per heavy atom. The molecule has 21 heavy (non-hydrogen) atoms. The first kappa shape index (κ1) is 14.0. The zero-order valence-corrected chi connectivity index (χ0v) is 12.6. The third-order valence-electron chi connectivity index (χ3n) is 3.52. The van der Waals surface area contributed by atoms with Crippen LogP contribution in [0, 0.1) is 18.6 Å². The molecule has 1 unspecified atom stereocenters. The molecule has 3 rings (SSSR count). The molecule has 2 aromatic carbocycles. The summed E-state index contributed by atoms with van der Waals surface area (Å²) in [4.78, 5) is 1.18. The highest BCUT2D eigenvalue weighted by Gasteiger charge is 2.14. The van der Waals surface area contributed by atoms with Gasteiger partial charge in [0.25, 0.3) is 0 Å². The van der Waals surface area contributed by atoms with E-state index in [0.29, 0.717) is 5.69 Å². The third-order valence-corrected chi connectivity index (χ3v) is 4.98. The molecule has 0 spiro atoms. The second kappa shape index (κ2) is 5.45. The molecule has 1 nitrogen and oxygen atoms in total. The van der Waals surface area contributed by atoms with Gasteiger partial charge < -0.3 is 5.32 Å². The van der Waals surface area contributed by atoms with Crippen LogP contribution in [0.25, 0.3) is 10.1 Å². The van der Waals surface area contributed by atoms with E-state index in [1.165, 1.54) is 32.7 Å². The van der Waals surface area contributed by atoms with Gasteiger partial charge in [-0.2, -0.15) is 0 Å². The van der Waals surface area contributed by atoms with Gasteiger partial charge in [0.15, 0.2) is 0 Å². The van der Waals surface area contributed by atoms with Crippen molar-refractivity contribution in [1.82, 2.24) is 0 Å². The van der Waals surface area contributed by atoms with Gasteiger partial charge in [0.1, 0.15) is 11.6 Å². The highest BCUT2D eigenvalue weighted by Crippen LogP contribution is 2.35. The molecule has 3 aromatic rings. The highest BCUT2D eigenvalue weighted by atomic mass is 32.1. The van der Waals surface area contributed by atoms with E-state index in [2.05, 4.69) is 24.4 Å². The van der Waals surface area contributed by atoms with E-state index in [9.17, 15) is 8.78 Å². The van der Waals surface area contributed by atoms with Gasteiger partial charge in [0, 0.05) is 21.3 Å². The first-order chi connectivity index (χ1) is 10.0. The van der Waals surface area contributed by atoms with Crippen LogP contribution in [0.2, 0.25) is 0 Å². The topological polar surface area (TPSA) is 12.0 Å². The number of thiophene rings is 1. The van der Waals surface area contributed by atoms with Crippen LogP contribution in [0.4, 0.5) is 14.5 Å². The van der Waals surface area contributed by atoms with E-state index < -0.39 is 11.6 Å². The molecule has 1 heterocycles. The number of hydrogen-bond donors (Lipinski definition) is 1. The largest absolute Gasteiger partial charge is 0.378 e. The van der Waals surface area contributed by atoms with Crippen LogP contribution in [0.3, 0.4) is 0 Å². The van der Waals surface area contributed by atoms with Crippen molar-refractivity contribution in [2.24, 2.45) is 0 Å². The first-order valence-corrected chi connectivity index (χ1v) is 7.57. The van der Waals surface area contributed by atoms with Crippen molar-refractivity contribution in [2.45, 2.75) is 19.9 Å². The second-order valence-corrected chi connectivity index (χ2v) is 6.20. The third kappa shape index (κ3) is 2.76. The van der Waals surface area contributed by atoms with Crippen LogP contribution < -0.4 is 5.32 Å². The van der Waals surface area contributed by atoms with E-state index in [4.69, 9.17) is 0 Å². The number of benzene rings is 2. The minimum absolute atomic E-state index is 0.0106. The van der Waals surface area contributed by atoms with Crippen LogP contribution in [-0.4, -0.2) is 0 Å². The Morgan fingerprint density at radius 2 is 1.71 bits per heavy atom. The van der Waals surface area contributed by atoms with Crippen LogP contribution in [0.15, 0.2) is 42.5 Å². The summed E-state index contributed by atoms with van der Waals surface area (Å²) in [6.45, 7) is 4.08. The molecule has 0 amide bonds. The Balaban J connectivity index is 1.93. The number of halogens is 2. The van der Waals surface area contributed by atoms with Crippen molar-refractivity contribution in [2.75, 3.05) is 5.32 Å². The van der Waals surface area contributed by atoms with Crippen molar-refractivity contribution in [3.05, 3.63) is 64.5 Å². The minimum Gasteiger partial charge on any atom is -0.378 e. The quantitative estimate of drug-likeness (QED) is 0.658. The van der Waals surface area contributed by atoms with E-state index in [1.807, 2.05) is 19.1 Å².